The molecule has 1 aromatic rings. The molecule has 2 heterocycles. The average Bonchev–Trinajstić information content (AvgIpc) is 4.00. The number of amides is 7. The highest BCUT2D eigenvalue weighted by molar-refractivity contribution is 6.12. The third-order valence-corrected chi connectivity index (χ3v) is 15.5. The smallest absolute Gasteiger partial charge is 0.410 e. The average molecular weight is 1070 g/mol. The number of hydrogen-bond donors (Lipinski definition) is 3. The standard InChI is InChI=1S/C57H88N6O13/c1-13-37(6)52(46(73-11)33-50(68)62-30-19-26-44(62)54(74-12)38(7)55(70)59-39(8)53(69)40-20-15-14-16-21-40)60(9)56(71)43(35(2)3)32-45(64)51(36(4)5)61(10)57(72)76-42-24-17-22-41(23-18-25-42)75-34-47(65)58-29-31-63-48(66)27-28-49(63)67/h14-17,20-21,24,27-28,35-39,41-44,46,51-54,69H,13,18-19,22-23,25-26,29-34H2,1-12H3,(H,58,65)(H,59,70)/b24-17+/t37-,38+,39+,41?,42?,43+,44-,46+,51-,52-,53+,54+/m0/s1. The van der Waals surface area contributed by atoms with Crippen molar-refractivity contribution in [3.63, 3.8) is 0 Å². The number of nitrogens with zero attached hydrogens (tertiary/aromatic N) is 4. The first-order valence-corrected chi connectivity index (χ1v) is 27.3. The number of carbonyl (C=O) groups excluding carboxylic acids is 8. The number of rotatable bonds is 28. The molecule has 7 amide bonds. The van der Waals surface area contributed by atoms with Gasteiger partial charge in [-0.1, -0.05) is 91.3 Å². The normalized spacial score (nSPS) is 21.9. The monoisotopic (exact) mass is 1060 g/mol. The number of aliphatic hydroxyl groups excluding tert-OH is 1. The van der Waals surface area contributed by atoms with Crippen LogP contribution in [0.3, 0.4) is 0 Å². The number of nitrogens with one attached hydrogen (secondary N) is 2. The third kappa shape index (κ3) is 17.3. The van der Waals surface area contributed by atoms with Crippen molar-refractivity contribution >= 4 is 47.3 Å². The molecule has 3 aliphatic rings. The second-order valence-corrected chi connectivity index (χ2v) is 21.5. The molecule has 424 valence electrons. The van der Waals surface area contributed by atoms with Gasteiger partial charge in [-0.25, -0.2) is 4.79 Å². The highest BCUT2D eigenvalue weighted by Gasteiger charge is 2.44. The van der Waals surface area contributed by atoms with Crippen molar-refractivity contribution in [3.05, 3.63) is 60.2 Å². The zero-order valence-corrected chi connectivity index (χ0v) is 47.1. The van der Waals surface area contributed by atoms with E-state index in [1.807, 2.05) is 65.8 Å². The Bertz CT molecular complexity index is 2150. The van der Waals surface area contributed by atoms with Gasteiger partial charge in [-0.2, -0.15) is 0 Å². The molecule has 2 aliphatic heterocycles. The molecular weight excluding hydrogens is 977 g/mol. The van der Waals surface area contributed by atoms with Gasteiger partial charge in [0.2, 0.25) is 23.6 Å². The first-order chi connectivity index (χ1) is 36.1. The topological polar surface area (TPSA) is 231 Å². The number of imide groups is 1. The number of Topliss-reactive ketones (excluding diaryl/α,β-unsaturated/α-hetero) is 1. The highest BCUT2D eigenvalue weighted by Crippen LogP contribution is 2.32. The van der Waals surface area contributed by atoms with E-state index in [0.29, 0.717) is 57.1 Å². The van der Waals surface area contributed by atoms with Crippen LogP contribution in [-0.2, 0) is 52.5 Å². The number of likely N-dealkylation sites (tertiary alicyclic amines) is 1. The van der Waals surface area contributed by atoms with Crippen LogP contribution >= 0.6 is 0 Å². The van der Waals surface area contributed by atoms with E-state index in [1.54, 1.807) is 48.9 Å². The van der Waals surface area contributed by atoms with Crippen LogP contribution in [0.2, 0.25) is 0 Å². The maximum absolute atomic E-state index is 14.8. The Balaban J connectivity index is 1.36. The molecule has 4 rings (SSSR count). The molecule has 0 spiro atoms. The number of hydrogen-bond acceptors (Lipinski definition) is 13. The van der Waals surface area contributed by atoms with Gasteiger partial charge in [0.1, 0.15) is 12.7 Å². The van der Waals surface area contributed by atoms with Crippen molar-refractivity contribution < 1.29 is 62.4 Å². The molecule has 12 atom stereocenters. The van der Waals surface area contributed by atoms with E-state index in [4.69, 9.17) is 18.9 Å². The van der Waals surface area contributed by atoms with Crippen molar-refractivity contribution in [2.45, 2.75) is 168 Å². The summed E-state index contributed by atoms with van der Waals surface area (Å²) in [5.41, 5.74) is 0.684. The Morgan fingerprint density at radius 2 is 1.51 bits per heavy atom. The van der Waals surface area contributed by atoms with E-state index in [-0.39, 0.29) is 85.8 Å². The third-order valence-electron chi connectivity index (χ3n) is 15.5. The Morgan fingerprint density at radius 1 is 0.842 bits per heavy atom. The Labute approximate surface area is 450 Å². The summed E-state index contributed by atoms with van der Waals surface area (Å²) >= 11 is 0. The van der Waals surface area contributed by atoms with E-state index in [2.05, 4.69) is 10.6 Å². The SMILES string of the molecule is CC[C@H](C)[C@@H]([C@@H](CC(=O)N1CCC[C@H]1[C@H](OC)[C@@H](C)C(=O)N[C@H](C)[C@@H](O)c1ccccc1)OC)N(C)C(=O)[C@H](CC(=O)[C@H](C(C)C)N(C)C(=O)OC1/C=C/CC(OCC(=O)NCCN2C(=O)C=CC2=O)CCC1)C(C)C. The summed E-state index contributed by atoms with van der Waals surface area (Å²) < 4.78 is 23.8. The molecule has 1 fully saturated rings. The van der Waals surface area contributed by atoms with Gasteiger partial charge in [0.05, 0.1) is 60.9 Å². The van der Waals surface area contributed by atoms with Crippen molar-refractivity contribution in [3.8, 4) is 0 Å². The molecule has 3 N–H and O–H groups in total. The number of ether oxygens (including phenoxy) is 4. The number of carbonyl (C=O) groups is 8. The van der Waals surface area contributed by atoms with Crippen LogP contribution in [-0.4, -0.2) is 175 Å². The lowest BCUT2D eigenvalue weighted by atomic mass is 9.83. The number of likely N-dealkylation sites (N-methyl/N-ethyl adjacent to an activating group) is 2. The van der Waals surface area contributed by atoms with Gasteiger partial charge in [-0.3, -0.25) is 38.5 Å². The van der Waals surface area contributed by atoms with Crippen LogP contribution in [0.1, 0.15) is 125 Å². The Morgan fingerprint density at radius 3 is 2.12 bits per heavy atom. The van der Waals surface area contributed by atoms with Gasteiger partial charge in [0.25, 0.3) is 11.8 Å². The molecular formula is C57H88N6O13. The number of benzene rings is 1. The number of methoxy groups -OCH3 is 2. The molecule has 76 heavy (non-hydrogen) atoms. The molecule has 1 aliphatic carbocycles. The minimum atomic E-state index is -0.915. The minimum Gasteiger partial charge on any atom is -0.442 e. The van der Waals surface area contributed by atoms with Gasteiger partial charge in [-0.05, 0) is 74.8 Å². The molecule has 19 heteroatoms. The predicted molar refractivity (Wildman–Crippen MR) is 286 cm³/mol. The highest BCUT2D eigenvalue weighted by atomic mass is 16.6. The summed E-state index contributed by atoms with van der Waals surface area (Å²) in [6.07, 6.45) is 6.31. The van der Waals surface area contributed by atoms with Crippen LogP contribution in [0, 0.1) is 29.6 Å². The fourth-order valence-electron chi connectivity index (χ4n) is 10.8. The van der Waals surface area contributed by atoms with E-state index in [9.17, 15) is 43.5 Å². The van der Waals surface area contributed by atoms with Crippen molar-refractivity contribution in [2.24, 2.45) is 29.6 Å². The maximum atomic E-state index is 14.8. The second-order valence-electron chi connectivity index (χ2n) is 21.5. The van der Waals surface area contributed by atoms with Gasteiger partial charge < -0.3 is 49.4 Å². The molecule has 2 unspecified atom stereocenters. The first-order valence-electron chi connectivity index (χ1n) is 27.3. The fraction of sp³-hybridized carbons (Fsp3) is 0.684. The molecule has 19 nitrogen and oxygen atoms in total. The van der Waals surface area contributed by atoms with Crippen LogP contribution in [0.25, 0.3) is 0 Å². The summed E-state index contributed by atoms with van der Waals surface area (Å²) in [7, 11) is 6.31. The second kappa shape index (κ2) is 30.4. The van der Waals surface area contributed by atoms with Crippen molar-refractivity contribution in [2.75, 3.05) is 54.6 Å². The molecule has 1 saturated heterocycles. The lowest BCUT2D eigenvalue weighted by molar-refractivity contribution is -0.149. The van der Waals surface area contributed by atoms with E-state index < -0.39 is 78.3 Å². The summed E-state index contributed by atoms with van der Waals surface area (Å²) in [6.45, 7) is 15.5. The molecule has 0 bridgehead atoms. The lowest BCUT2D eigenvalue weighted by Crippen LogP contribution is -2.55. The lowest BCUT2D eigenvalue weighted by Gasteiger charge is -2.41. The Hall–Kier alpha value is -5.50. The summed E-state index contributed by atoms with van der Waals surface area (Å²) in [5.74, 6) is -4.33. The minimum absolute atomic E-state index is 0.0392. The molecule has 0 radical (unpaired) electrons. The van der Waals surface area contributed by atoms with Gasteiger partial charge in [0, 0.05) is 72.4 Å². The van der Waals surface area contributed by atoms with Crippen molar-refractivity contribution in [1.82, 2.24) is 30.2 Å². The first kappa shape index (κ1) is 63.0. The van der Waals surface area contributed by atoms with E-state index in [0.717, 1.165) is 4.90 Å². The zero-order chi connectivity index (χ0) is 56.4. The zero-order valence-electron chi connectivity index (χ0n) is 47.1. The van der Waals surface area contributed by atoms with Gasteiger partial charge in [0.15, 0.2) is 5.78 Å². The quantitative estimate of drug-likeness (QED) is 0.0707. The molecule has 0 saturated carbocycles. The Kier molecular flexibility index (Phi) is 25.2. The van der Waals surface area contributed by atoms with E-state index in [1.165, 1.54) is 38.3 Å². The van der Waals surface area contributed by atoms with E-state index >= 15 is 0 Å². The van der Waals surface area contributed by atoms with Crippen LogP contribution in [0.4, 0.5) is 4.79 Å². The van der Waals surface area contributed by atoms with Crippen LogP contribution in [0.5, 0.6) is 0 Å². The van der Waals surface area contributed by atoms with Crippen molar-refractivity contribution in [1.29, 1.82) is 0 Å². The molecule has 0 aromatic heterocycles. The van der Waals surface area contributed by atoms with Crippen LogP contribution < -0.4 is 10.6 Å². The molecule has 1 aromatic carbocycles. The van der Waals surface area contributed by atoms with Crippen LogP contribution in [0.15, 0.2) is 54.6 Å². The summed E-state index contributed by atoms with van der Waals surface area (Å²) in [5, 5.41) is 16.5. The summed E-state index contributed by atoms with van der Waals surface area (Å²) in [4.78, 5) is 113. The van der Waals surface area contributed by atoms with Gasteiger partial charge >= 0.3 is 6.09 Å². The summed E-state index contributed by atoms with van der Waals surface area (Å²) in [6, 6.07) is 6.70. The number of ketones is 1. The maximum Gasteiger partial charge on any atom is 0.410 e. The predicted octanol–water partition coefficient (Wildman–Crippen LogP) is 5.39. The largest absolute Gasteiger partial charge is 0.442 e. The number of aliphatic hydroxyl groups is 1. The van der Waals surface area contributed by atoms with Gasteiger partial charge in [-0.15, -0.1) is 0 Å². The fourth-order valence-corrected chi connectivity index (χ4v) is 10.8.